The zero-order valence-electron chi connectivity index (χ0n) is 11.5. The number of carbonyl (C=O) groups is 1. The van der Waals surface area contributed by atoms with E-state index in [2.05, 4.69) is 5.32 Å². The molecule has 0 aromatic heterocycles. The first kappa shape index (κ1) is 14.7. The van der Waals surface area contributed by atoms with Crippen molar-refractivity contribution in [2.24, 2.45) is 0 Å². The van der Waals surface area contributed by atoms with E-state index in [4.69, 9.17) is 11.6 Å². The molecule has 2 amide bonds. The fourth-order valence-corrected chi connectivity index (χ4v) is 5.47. The molecular formula is C14H17ClN2O3S. The summed E-state index contributed by atoms with van der Waals surface area (Å²) in [6.07, 6.45) is 1.85. The van der Waals surface area contributed by atoms with Crippen molar-refractivity contribution in [3.63, 3.8) is 0 Å². The third-order valence-corrected chi connectivity index (χ3v) is 6.32. The number of rotatable bonds is 1. The molecule has 0 spiro atoms. The predicted octanol–water partition coefficient (Wildman–Crippen LogP) is 1.55. The fraction of sp³-hybridized carbons (Fsp3) is 0.500. The van der Waals surface area contributed by atoms with E-state index in [0.29, 0.717) is 6.54 Å². The second-order valence-electron chi connectivity index (χ2n) is 5.53. The Bertz CT molecular complexity index is 662. The summed E-state index contributed by atoms with van der Waals surface area (Å²) in [6, 6.07) is 7.00. The number of sulfone groups is 1. The molecule has 1 fully saturated rings. The Kier molecular flexibility index (Phi) is 3.84. The van der Waals surface area contributed by atoms with Crippen LogP contribution in [0.25, 0.3) is 0 Å². The molecule has 1 N–H and O–H groups in total. The van der Waals surface area contributed by atoms with Crippen molar-refractivity contribution in [3.05, 3.63) is 29.8 Å². The molecule has 0 aliphatic carbocycles. The van der Waals surface area contributed by atoms with Crippen LogP contribution in [-0.4, -0.2) is 43.9 Å². The first-order chi connectivity index (χ1) is 9.96. The number of hydrogen-bond donors (Lipinski definition) is 1. The number of amides is 2. The Morgan fingerprint density at radius 2 is 2.05 bits per heavy atom. The minimum absolute atomic E-state index is 0.0733. The van der Waals surface area contributed by atoms with Gasteiger partial charge in [-0.15, -0.1) is 11.6 Å². The van der Waals surface area contributed by atoms with E-state index < -0.39 is 21.3 Å². The number of anilines is 1. The standard InChI is InChI=1S/C14H17ClN2O3S/c15-11-8-21(19,20)9-12(11)16-14(18)17-7-3-5-10-4-1-2-6-13(10)17/h1-2,4,6,11-12H,3,5,7-9H2,(H,16,18). The summed E-state index contributed by atoms with van der Waals surface area (Å²) < 4.78 is 23.1. The Morgan fingerprint density at radius 3 is 2.76 bits per heavy atom. The third-order valence-electron chi connectivity index (χ3n) is 3.95. The van der Waals surface area contributed by atoms with Crippen molar-refractivity contribution in [2.75, 3.05) is 23.0 Å². The van der Waals surface area contributed by atoms with Crippen LogP contribution in [0.15, 0.2) is 24.3 Å². The molecule has 21 heavy (non-hydrogen) atoms. The van der Waals surface area contributed by atoms with E-state index in [0.717, 1.165) is 24.1 Å². The van der Waals surface area contributed by atoms with Crippen molar-refractivity contribution in [1.82, 2.24) is 5.32 Å². The highest BCUT2D eigenvalue weighted by atomic mass is 35.5. The molecular weight excluding hydrogens is 312 g/mol. The normalized spacial score (nSPS) is 27.2. The van der Waals surface area contributed by atoms with Crippen LogP contribution in [0.4, 0.5) is 10.5 Å². The zero-order valence-corrected chi connectivity index (χ0v) is 13.0. The first-order valence-electron chi connectivity index (χ1n) is 6.97. The van der Waals surface area contributed by atoms with E-state index in [-0.39, 0.29) is 17.5 Å². The number of hydrogen-bond acceptors (Lipinski definition) is 3. The van der Waals surface area contributed by atoms with Gasteiger partial charge in [-0.05, 0) is 24.5 Å². The number of para-hydroxylation sites is 1. The van der Waals surface area contributed by atoms with Gasteiger partial charge in [-0.2, -0.15) is 0 Å². The van der Waals surface area contributed by atoms with Gasteiger partial charge in [-0.25, -0.2) is 13.2 Å². The average molecular weight is 329 g/mol. The highest BCUT2D eigenvalue weighted by Gasteiger charge is 2.38. The minimum atomic E-state index is -3.15. The van der Waals surface area contributed by atoms with E-state index >= 15 is 0 Å². The largest absolute Gasteiger partial charge is 0.332 e. The van der Waals surface area contributed by atoms with Crippen molar-refractivity contribution in [1.29, 1.82) is 0 Å². The number of fused-ring (bicyclic) bond motifs is 1. The van der Waals surface area contributed by atoms with Crippen molar-refractivity contribution in [3.8, 4) is 0 Å². The topological polar surface area (TPSA) is 66.5 Å². The maximum Gasteiger partial charge on any atom is 0.322 e. The van der Waals surface area contributed by atoms with Crippen LogP contribution in [0, 0.1) is 0 Å². The summed E-state index contributed by atoms with van der Waals surface area (Å²) >= 11 is 6.03. The molecule has 2 heterocycles. The van der Waals surface area contributed by atoms with Crippen LogP contribution < -0.4 is 10.2 Å². The molecule has 2 aliphatic rings. The lowest BCUT2D eigenvalue weighted by atomic mass is 10.0. The van der Waals surface area contributed by atoms with E-state index in [9.17, 15) is 13.2 Å². The lowest BCUT2D eigenvalue weighted by Crippen LogP contribution is -2.49. The van der Waals surface area contributed by atoms with E-state index in [1.807, 2.05) is 24.3 Å². The van der Waals surface area contributed by atoms with Gasteiger partial charge < -0.3 is 5.32 Å². The van der Waals surface area contributed by atoms with Gasteiger partial charge in [0.1, 0.15) is 0 Å². The summed E-state index contributed by atoms with van der Waals surface area (Å²) in [5, 5.41) is 2.21. The van der Waals surface area contributed by atoms with E-state index in [1.54, 1.807) is 4.90 Å². The molecule has 2 unspecified atom stereocenters. The second kappa shape index (κ2) is 5.50. The number of nitrogens with one attached hydrogen (secondary N) is 1. The lowest BCUT2D eigenvalue weighted by Gasteiger charge is -2.30. The summed E-state index contributed by atoms with van der Waals surface area (Å²) in [7, 11) is -3.15. The zero-order chi connectivity index (χ0) is 15.0. The minimum Gasteiger partial charge on any atom is -0.332 e. The Balaban J connectivity index is 1.75. The highest BCUT2D eigenvalue weighted by molar-refractivity contribution is 7.91. The molecule has 1 saturated heterocycles. The fourth-order valence-electron chi connectivity index (χ4n) is 2.92. The van der Waals surface area contributed by atoms with Crippen LogP contribution in [-0.2, 0) is 16.3 Å². The van der Waals surface area contributed by atoms with E-state index in [1.165, 1.54) is 0 Å². The Hall–Kier alpha value is -1.27. The van der Waals surface area contributed by atoms with Gasteiger partial charge in [0.15, 0.2) is 9.84 Å². The van der Waals surface area contributed by atoms with Crippen LogP contribution in [0.3, 0.4) is 0 Å². The van der Waals surface area contributed by atoms with Gasteiger partial charge in [0.05, 0.1) is 22.9 Å². The maximum absolute atomic E-state index is 12.4. The third kappa shape index (κ3) is 3.01. The highest BCUT2D eigenvalue weighted by Crippen LogP contribution is 2.27. The molecule has 5 nitrogen and oxygen atoms in total. The van der Waals surface area contributed by atoms with Gasteiger partial charge in [0.2, 0.25) is 0 Å². The predicted molar refractivity (Wildman–Crippen MR) is 82.7 cm³/mol. The van der Waals surface area contributed by atoms with Gasteiger partial charge in [0.25, 0.3) is 0 Å². The number of carbonyl (C=O) groups excluding carboxylic acids is 1. The van der Waals surface area contributed by atoms with Gasteiger partial charge in [-0.1, -0.05) is 18.2 Å². The molecule has 7 heteroatoms. The quantitative estimate of drug-likeness (QED) is 0.795. The summed E-state index contributed by atoms with van der Waals surface area (Å²) in [4.78, 5) is 14.1. The molecule has 3 rings (SSSR count). The second-order valence-corrected chi connectivity index (χ2v) is 8.25. The molecule has 1 aromatic carbocycles. The Morgan fingerprint density at radius 1 is 1.29 bits per heavy atom. The number of benzene rings is 1. The van der Waals surface area contributed by atoms with Crippen LogP contribution in [0.1, 0.15) is 12.0 Å². The van der Waals surface area contributed by atoms with Crippen LogP contribution >= 0.6 is 11.6 Å². The number of aryl methyl sites for hydroxylation is 1. The number of alkyl halides is 1. The van der Waals surface area contributed by atoms with Crippen molar-refractivity contribution < 1.29 is 13.2 Å². The van der Waals surface area contributed by atoms with Gasteiger partial charge in [0, 0.05) is 12.2 Å². The molecule has 2 atom stereocenters. The first-order valence-corrected chi connectivity index (χ1v) is 9.22. The lowest BCUT2D eigenvalue weighted by molar-refractivity contribution is 0.243. The smallest absolute Gasteiger partial charge is 0.322 e. The molecule has 1 aromatic rings. The number of halogens is 1. The number of urea groups is 1. The average Bonchev–Trinajstić information content (AvgIpc) is 2.70. The van der Waals surface area contributed by atoms with Crippen molar-refractivity contribution in [2.45, 2.75) is 24.3 Å². The summed E-state index contributed by atoms with van der Waals surface area (Å²) in [5.41, 5.74) is 2.04. The Labute approximate surface area is 129 Å². The van der Waals surface area contributed by atoms with Crippen molar-refractivity contribution >= 4 is 33.2 Å². The molecule has 114 valence electrons. The van der Waals surface area contributed by atoms with Crippen LogP contribution in [0.5, 0.6) is 0 Å². The summed E-state index contributed by atoms with van der Waals surface area (Å²) in [6.45, 7) is 0.634. The molecule has 0 saturated carbocycles. The van der Waals surface area contributed by atoms with Crippen LogP contribution in [0.2, 0.25) is 0 Å². The van der Waals surface area contributed by atoms with Gasteiger partial charge in [-0.3, -0.25) is 4.90 Å². The summed E-state index contributed by atoms with van der Waals surface area (Å²) in [5.74, 6) is -0.154. The number of nitrogens with zero attached hydrogens (tertiary/aromatic N) is 1. The monoisotopic (exact) mass is 328 g/mol. The van der Waals surface area contributed by atoms with Gasteiger partial charge >= 0.3 is 6.03 Å². The molecule has 2 aliphatic heterocycles. The molecule has 0 radical (unpaired) electrons. The maximum atomic E-state index is 12.4. The SMILES string of the molecule is O=C(NC1CS(=O)(=O)CC1Cl)N1CCCc2ccccc21. The molecule has 0 bridgehead atoms.